The van der Waals surface area contributed by atoms with Gasteiger partial charge in [0.15, 0.2) is 0 Å². The van der Waals surface area contributed by atoms with Crippen molar-refractivity contribution in [2.75, 3.05) is 12.8 Å². The van der Waals surface area contributed by atoms with Gasteiger partial charge in [-0.1, -0.05) is 13.8 Å². The fourth-order valence-corrected chi connectivity index (χ4v) is 6.72. The van der Waals surface area contributed by atoms with Crippen LogP contribution in [0.3, 0.4) is 0 Å². The summed E-state index contributed by atoms with van der Waals surface area (Å²) in [6, 6.07) is 3.36. The van der Waals surface area contributed by atoms with E-state index in [1.54, 1.807) is 19.4 Å². The van der Waals surface area contributed by atoms with E-state index in [-0.39, 0.29) is 23.0 Å². The van der Waals surface area contributed by atoms with Gasteiger partial charge in [-0.3, -0.25) is 9.78 Å². The molecule has 3 unspecified atom stereocenters. The Morgan fingerprint density at radius 1 is 1.33 bits per heavy atom. The Morgan fingerprint density at radius 2 is 1.96 bits per heavy atom. The monoisotopic (exact) mass is 350 g/mol. The van der Waals surface area contributed by atoms with Crippen LogP contribution in [0.1, 0.15) is 51.6 Å². The number of hydrogen-bond donors (Lipinski definition) is 0. The van der Waals surface area contributed by atoms with E-state index >= 15 is 0 Å². The van der Waals surface area contributed by atoms with E-state index in [0.717, 1.165) is 12.0 Å². The number of aromatic nitrogens is 1. The van der Waals surface area contributed by atoms with Crippen LogP contribution in [0.15, 0.2) is 24.5 Å². The SMILES string of the molecule is CC(c1ccncc1)N(C)S(=O)(=O)CC12CCC(CC1=O)C2(C)C. The van der Waals surface area contributed by atoms with Crippen LogP contribution in [0, 0.1) is 16.7 Å². The molecule has 0 aliphatic heterocycles. The molecule has 2 aliphatic carbocycles. The van der Waals surface area contributed by atoms with Gasteiger partial charge in [-0.05, 0) is 48.8 Å². The number of carbonyl (C=O) groups is 1. The lowest BCUT2D eigenvalue weighted by atomic mass is 9.70. The molecule has 1 aromatic rings. The van der Waals surface area contributed by atoms with Crippen molar-refractivity contribution in [3.8, 4) is 0 Å². The Morgan fingerprint density at radius 3 is 2.46 bits per heavy atom. The zero-order chi connectivity index (χ0) is 17.8. The standard InChI is InChI=1S/C18H26N2O3S/c1-13(14-6-9-19-10-7-14)20(4)24(22,23)12-18-8-5-15(11-16(18)21)17(18,2)3/h6-7,9-10,13,15H,5,8,11-12H2,1-4H3. The number of ketones is 1. The summed E-state index contributed by atoms with van der Waals surface area (Å²) in [7, 11) is -1.94. The zero-order valence-corrected chi connectivity index (χ0v) is 15.6. The molecule has 0 saturated heterocycles. The first-order valence-electron chi connectivity index (χ1n) is 8.51. The van der Waals surface area contributed by atoms with Crippen LogP contribution < -0.4 is 0 Å². The van der Waals surface area contributed by atoms with Gasteiger partial charge in [-0.15, -0.1) is 0 Å². The molecule has 0 radical (unpaired) electrons. The van der Waals surface area contributed by atoms with Crippen LogP contribution in [0.2, 0.25) is 0 Å². The molecule has 24 heavy (non-hydrogen) atoms. The molecule has 132 valence electrons. The Labute approximate surface area is 144 Å². The maximum atomic E-state index is 13.1. The van der Waals surface area contributed by atoms with Crippen molar-refractivity contribution >= 4 is 15.8 Å². The smallest absolute Gasteiger partial charge is 0.215 e. The zero-order valence-electron chi connectivity index (χ0n) is 14.8. The molecule has 3 atom stereocenters. The molecule has 0 N–H and O–H groups in total. The lowest BCUT2D eigenvalue weighted by Crippen LogP contribution is -2.46. The van der Waals surface area contributed by atoms with Gasteiger partial charge in [0.25, 0.3) is 0 Å². The highest BCUT2D eigenvalue weighted by Crippen LogP contribution is 2.64. The van der Waals surface area contributed by atoms with Gasteiger partial charge in [0.05, 0.1) is 5.75 Å². The molecular weight excluding hydrogens is 324 g/mol. The first-order chi connectivity index (χ1) is 11.1. The van der Waals surface area contributed by atoms with Gasteiger partial charge >= 0.3 is 0 Å². The van der Waals surface area contributed by atoms with E-state index in [1.165, 1.54) is 4.31 Å². The number of sulfonamides is 1. The molecule has 6 heteroatoms. The number of pyridine rings is 1. The summed E-state index contributed by atoms with van der Waals surface area (Å²) >= 11 is 0. The second-order valence-electron chi connectivity index (χ2n) is 7.90. The topological polar surface area (TPSA) is 67.3 Å². The third kappa shape index (κ3) is 2.42. The number of hydrogen-bond acceptors (Lipinski definition) is 4. The Bertz CT molecular complexity index is 745. The number of fused-ring (bicyclic) bond motifs is 2. The summed E-state index contributed by atoms with van der Waals surface area (Å²) in [5, 5.41) is 0. The van der Waals surface area contributed by atoms with E-state index in [9.17, 15) is 13.2 Å². The molecule has 2 aliphatic rings. The number of Topliss-reactive ketones (excluding diaryl/α,β-unsaturated/α-hetero) is 1. The van der Waals surface area contributed by atoms with E-state index < -0.39 is 15.4 Å². The summed E-state index contributed by atoms with van der Waals surface area (Å²) in [6.07, 6.45) is 5.51. The van der Waals surface area contributed by atoms with Gasteiger partial charge in [0, 0.05) is 37.3 Å². The summed E-state index contributed by atoms with van der Waals surface area (Å²) in [5.74, 6) is 0.384. The summed E-state index contributed by atoms with van der Waals surface area (Å²) in [6.45, 7) is 6.00. The Balaban J connectivity index is 1.88. The fourth-order valence-electron chi connectivity index (χ4n) is 4.61. The molecule has 2 fully saturated rings. The van der Waals surface area contributed by atoms with E-state index in [1.807, 2.05) is 19.1 Å². The molecule has 1 aromatic heterocycles. The minimum atomic E-state index is -3.55. The molecule has 0 aromatic carbocycles. The van der Waals surface area contributed by atoms with Crippen molar-refractivity contribution in [2.45, 2.75) is 46.1 Å². The third-order valence-corrected chi connectivity index (χ3v) is 8.79. The molecule has 1 heterocycles. The normalized spacial score (nSPS) is 30.0. The van der Waals surface area contributed by atoms with Gasteiger partial charge in [0.2, 0.25) is 10.0 Å². The van der Waals surface area contributed by atoms with Crippen molar-refractivity contribution in [2.24, 2.45) is 16.7 Å². The maximum Gasteiger partial charge on any atom is 0.215 e. The van der Waals surface area contributed by atoms with Gasteiger partial charge in [0.1, 0.15) is 5.78 Å². The molecule has 0 amide bonds. The average Bonchev–Trinajstić information content (AvgIpc) is 2.88. The van der Waals surface area contributed by atoms with Crippen molar-refractivity contribution in [1.82, 2.24) is 9.29 Å². The Hall–Kier alpha value is -1.27. The van der Waals surface area contributed by atoms with Crippen LogP contribution >= 0.6 is 0 Å². The van der Waals surface area contributed by atoms with Crippen molar-refractivity contribution in [3.63, 3.8) is 0 Å². The Kier molecular flexibility index (Phi) is 4.12. The minimum absolute atomic E-state index is 0.0751. The second-order valence-corrected chi connectivity index (χ2v) is 9.92. The highest BCUT2D eigenvalue weighted by Gasteiger charge is 2.65. The van der Waals surface area contributed by atoms with E-state index in [2.05, 4.69) is 18.8 Å². The molecule has 0 spiro atoms. The lowest BCUT2D eigenvalue weighted by Gasteiger charge is -2.38. The predicted molar refractivity (Wildman–Crippen MR) is 92.8 cm³/mol. The molecular formula is C18H26N2O3S. The number of nitrogens with zero attached hydrogens (tertiary/aromatic N) is 2. The van der Waals surface area contributed by atoms with Crippen molar-refractivity contribution in [3.05, 3.63) is 30.1 Å². The highest BCUT2D eigenvalue weighted by atomic mass is 32.2. The number of rotatable bonds is 5. The van der Waals surface area contributed by atoms with Crippen LogP contribution in [-0.2, 0) is 14.8 Å². The molecule has 2 saturated carbocycles. The van der Waals surface area contributed by atoms with Crippen LogP contribution in [0.5, 0.6) is 0 Å². The molecule has 5 nitrogen and oxygen atoms in total. The van der Waals surface area contributed by atoms with Crippen LogP contribution in [0.4, 0.5) is 0 Å². The predicted octanol–water partition coefficient (Wildman–Crippen LogP) is 2.80. The average molecular weight is 350 g/mol. The summed E-state index contributed by atoms with van der Waals surface area (Å²) in [4.78, 5) is 16.6. The summed E-state index contributed by atoms with van der Waals surface area (Å²) < 4.78 is 27.6. The largest absolute Gasteiger partial charge is 0.299 e. The fraction of sp³-hybridized carbons (Fsp3) is 0.667. The van der Waals surface area contributed by atoms with E-state index in [0.29, 0.717) is 18.8 Å². The quantitative estimate of drug-likeness (QED) is 0.819. The first kappa shape index (κ1) is 17.5. The van der Waals surface area contributed by atoms with Crippen molar-refractivity contribution < 1.29 is 13.2 Å². The third-order valence-electron chi connectivity index (χ3n) is 6.74. The van der Waals surface area contributed by atoms with Gasteiger partial charge in [-0.25, -0.2) is 8.42 Å². The summed E-state index contributed by atoms with van der Waals surface area (Å²) in [5.41, 5.74) is -0.0597. The lowest BCUT2D eigenvalue weighted by molar-refractivity contribution is -0.128. The van der Waals surface area contributed by atoms with Crippen molar-refractivity contribution in [1.29, 1.82) is 0 Å². The first-order valence-corrected chi connectivity index (χ1v) is 10.1. The van der Waals surface area contributed by atoms with E-state index in [4.69, 9.17) is 0 Å². The van der Waals surface area contributed by atoms with Gasteiger partial charge < -0.3 is 0 Å². The highest BCUT2D eigenvalue weighted by molar-refractivity contribution is 7.89. The van der Waals surface area contributed by atoms with Crippen LogP contribution in [-0.4, -0.2) is 36.3 Å². The molecule has 3 rings (SSSR count). The second kappa shape index (κ2) is 5.63. The van der Waals surface area contributed by atoms with Crippen LogP contribution in [0.25, 0.3) is 0 Å². The maximum absolute atomic E-state index is 13.1. The minimum Gasteiger partial charge on any atom is -0.299 e. The number of carbonyl (C=O) groups excluding carboxylic acids is 1. The van der Waals surface area contributed by atoms with Gasteiger partial charge in [-0.2, -0.15) is 4.31 Å². The molecule has 2 bridgehead atoms.